The number of carbonyl (C=O) groups excluding carboxylic acids is 2. The van der Waals surface area contributed by atoms with Crippen molar-refractivity contribution in [2.45, 2.75) is 17.1 Å². The molecule has 1 atom stereocenters. The van der Waals surface area contributed by atoms with Gasteiger partial charge in [0.25, 0.3) is 15.9 Å². The molecule has 26 heavy (non-hydrogen) atoms. The van der Waals surface area contributed by atoms with E-state index >= 15 is 0 Å². The predicted molar refractivity (Wildman–Crippen MR) is 95.6 cm³/mol. The molecule has 10 heteroatoms. The molecular weight excluding hydrogens is 376 g/mol. The van der Waals surface area contributed by atoms with E-state index in [9.17, 15) is 18.0 Å². The number of hydrogen-bond acceptors (Lipinski definition) is 6. The first-order valence-electron chi connectivity index (χ1n) is 8.03. The molecular formula is C16H18N4O4S2. The molecule has 138 valence electrons. The van der Waals surface area contributed by atoms with Crippen molar-refractivity contribution in [3.05, 3.63) is 47.6 Å². The SMILES string of the molecule is O=C(NNC(=O)[C@H]1CCCN(S(=O)(=O)c2cccs2)C1)c1ccccn1. The lowest BCUT2D eigenvalue weighted by atomic mass is 9.99. The second-order valence-corrected chi connectivity index (χ2v) is 8.91. The summed E-state index contributed by atoms with van der Waals surface area (Å²) in [6.07, 6.45) is 2.61. The number of aromatic nitrogens is 1. The average molecular weight is 394 g/mol. The quantitative estimate of drug-likeness (QED) is 0.752. The molecule has 2 amide bonds. The first-order valence-corrected chi connectivity index (χ1v) is 10.4. The predicted octanol–water partition coefficient (Wildman–Crippen LogP) is 1.00. The maximum absolute atomic E-state index is 12.6. The summed E-state index contributed by atoms with van der Waals surface area (Å²) in [4.78, 5) is 28.1. The summed E-state index contributed by atoms with van der Waals surface area (Å²) in [5.74, 6) is -1.47. The number of sulfonamides is 1. The number of nitrogens with zero attached hydrogens (tertiary/aromatic N) is 2. The van der Waals surface area contributed by atoms with E-state index in [0.717, 1.165) is 11.3 Å². The van der Waals surface area contributed by atoms with E-state index in [4.69, 9.17) is 0 Å². The molecule has 0 aromatic carbocycles. The third-order valence-corrected chi connectivity index (χ3v) is 7.28. The van der Waals surface area contributed by atoms with Crippen LogP contribution in [0.2, 0.25) is 0 Å². The Hall–Kier alpha value is -2.30. The largest absolute Gasteiger partial charge is 0.288 e. The number of pyridine rings is 1. The minimum atomic E-state index is -3.58. The molecule has 2 aromatic rings. The Labute approximate surface area is 155 Å². The number of hydrazine groups is 1. The van der Waals surface area contributed by atoms with E-state index in [1.54, 1.807) is 29.6 Å². The van der Waals surface area contributed by atoms with Crippen molar-refractivity contribution >= 4 is 33.2 Å². The van der Waals surface area contributed by atoms with E-state index in [1.165, 1.54) is 16.6 Å². The van der Waals surface area contributed by atoms with Gasteiger partial charge in [0.1, 0.15) is 9.90 Å². The normalized spacial score (nSPS) is 18.2. The number of amides is 2. The Morgan fingerprint density at radius 1 is 1.19 bits per heavy atom. The smallest absolute Gasteiger partial charge is 0.273 e. The monoisotopic (exact) mass is 394 g/mol. The molecule has 2 aromatic heterocycles. The standard InChI is InChI=1S/C16H18N4O4S2/c21-15(18-19-16(22)13-6-1-2-8-17-13)12-5-3-9-20(11-12)26(23,24)14-7-4-10-25-14/h1-2,4,6-8,10,12H,3,5,9,11H2,(H,18,21)(H,19,22)/t12-/m0/s1. The number of thiophene rings is 1. The lowest BCUT2D eigenvalue weighted by Gasteiger charge is -2.30. The summed E-state index contributed by atoms with van der Waals surface area (Å²) < 4.78 is 26.8. The van der Waals surface area contributed by atoms with Crippen LogP contribution < -0.4 is 10.9 Å². The Morgan fingerprint density at radius 2 is 2.04 bits per heavy atom. The lowest BCUT2D eigenvalue weighted by Crippen LogP contribution is -2.50. The Kier molecular flexibility index (Phi) is 5.64. The van der Waals surface area contributed by atoms with Gasteiger partial charge in [-0.1, -0.05) is 12.1 Å². The van der Waals surface area contributed by atoms with Crippen molar-refractivity contribution in [3.8, 4) is 0 Å². The molecule has 1 aliphatic rings. The van der Waals surface area contributed by atoms with Crippen LogP contribution in [0.25, 0.3) is 0 Å². The zero-order chi connectivity index (χ0) is 18.6. The van der Waals surface area contributed by atoms with Gasteiger partial charge in [-0.3, -0.25) is 25.4 Å². The molecule has 1 fully saturated rings. The van der Waals surface area contributed by atoms with Crippen molar-refractivity contribution in [1.29, 1.82) is 0 Å². The number of rotatable bonds is 4. The molecule has 3 rings (SSSR count). The molecule has 0 spiro atoms. The van der Waals surface area contributed by atoms with Gasteiger partial charge in [-0.2, -0.15) is 4.31 Å². The van der Waals surface area contributed by atoms with Crippen LogP contribution in [0, 0.1) is 5.92 Å². The van der Waals surface area contributed by atoms with Crippen molar-refractivity contribution in [3.63, 3.8) is 0 Å². The van der Waals surface area contributed by atoms with Gasteiger partial charge in [0.2, 0.25) is 5.91 Å². The number of piperidine rings is 1. The molecule has 0 radical (unpaired) electrons. The summed E-state index contributed by atoms with van der Waals surface area (Å²) in [7, 11) is -3.58. The summed E-state index contributed by atoms with van der Waals surface area (Å²) in [5, 5.41) is 1.70. The fourth-order valence-electron chi connectivity index (χ4n) is 2.69. The van der Waals surface area contributed by atoms with Gasteiger partial charge in [-0.25, -0.2) is 8.42 Å². The molecule has 1 aliphatic heterocycles. The maximum atomic E-state index is 12.6. The maximum Gasteiger partial charge on any atom is 0.288 e. The van der Waals surface area contributed by atoms with Crippen molar-refractivity contribution in [2.24, 2.45) is 5.92 Å². The van der Waals surface area contributed by atoms with E-state index in [-0.39, 0.29) is 16.4 Å². The Bertz CT molecular complexity index is 869. The van der Waals surface area contributed by atoms with Crippen LogP contribution >= 0.6 is 11.3 Å². The summed E-state index contributed by atoms with van der Waals surface area (Å²) in [6, 6.07) is 8.10. The fraction of sp³-hybridized carbons (Fsp3) is 0.312. The zero-order valence-electron chi connectivity index (χ0n) is 13.8. The van der Waals surface area contributed by atoms with Gasteiger partial charge in [0.15, 0.2) is 0 Å². The van der Waals surface area contributed by atoms with Gasteiger partial charge < -0.3 is 0 Å². The molecule has 0 aliphatic carbocycles. The number of hydrogen-bond donors (Lipinski definition) is 2. The van der Waals surface area contributed by atoms with Crippen LogP contribution in [-0.4, -0.2) is 42.6 Å². The summed E-state index contributed by atoms with van der Waals surface area (Å²) in [5.41, 5.74) is 4.85. The summed E-state index contributed by atoms with van der Waals surface area (Å²) >= 11 is 1.15. The zero-order valence-corrected chi connectivity index (χ0v) is 15.4. The van der Waals surface area contributed by atoms with E-state index in [2.05, 4.69) is 15.8 Å². The highest BCUT2D eigenvalue weighted by Crippen LogP contribution is 2.26. The van der Waals surface area contributed by atoms with Gasteiger partial charge >= 0.3 is 0 Å². The van der Waals surface area contributed by atoms with Crippen LogP contribution in [-0.2, 0) is 14.8 Å². The highest BCUT2D eigenvalue weighted by molar-refractivity contribution is 7.91. The number of carbonyl (C=O) groups is 2. The fourth-order valence-corrected chi connectivity index (χ4v) is 5.36. The minimum Gasteiger partial charge on any atom is -0.273 e. The van der Waals surface area contributed by atoms with Gasteiger partial charge in [0, 0.05) is 19.3 Å². The van der Waals surface area contributed by atoms with Gasteiger partial charge in [-0.15, -0.1) is 11.3 Å². The summed E-state index contributed by atoms with van der Waals surface area (Å²) in [6.45, 7) is 0.468. The third-order valence-electron chi connectivity index (χ3n) is 4.04. The second-order valence-electron chi connectivity index (χ2n) is 5.79. The van der Waals surface area contributed by atoms with Gasteiger partial charge in [-0.05, 0) is 36.4 Å². The highest BCUT2D eigenvalue weighted by Gasteiger charge is 2.33. The topological polar surface area (TPSA) is 108 Å². The molecule has 8 nitrogen and oxygen atoms in total. The molecule has 2 N–H and O–H groups in total. The molecule has 0 saturated carbocycles. The van der Waals surface area contributed by atoms with Crippen LogP contribution in [0.3, 0.4) is 0 Å². The van der Waals surface area contributed by atoms with Crippen LogP contribution in [0.5, 0.6) is 0 Å². The molecule has 0 bridgehead atoms. The first kappa shape index (κ1) is 18.5. The van der Waals surface area contributed by atoms with Crippen LogP contribution in [0.15, 0.2) is 46.1 Å². The van der Waals surface area contributed by atoms with Crippen molar-refractivity contribution in [1.82, 2.24) is 20.1 Å². The lowest BCUT2D eigenvalue weighted by molar-refractivity contribution is -0.126. The molecule has 1 saturated heterocycles. The third kappa shape index (κ3) is 4.09. The van der Waals surface area contributed by atoms with Crippen molar-refractivity contribution < 1.29 is 18.0 Å². The van der Waals surface area contributed by atoms with E-state index in [1.807, 2.05) is 0 Å². The van der Waals surface area contributed by atoms with Crippen LogP contribution in [0.4, 0.5) is 0 Å². The minimum absolute atomic E-state index is 0.0888. The Balaban J connectivity index is 1.59. The van der Waals surface area contributed by atoms with Crippen molar-refractivity contribution in [2.75, 3.05) is 13.1 Å². The molecule has 3 heterocycles. The molecule has 0 unspecified atom stereocenters. The highest BCUT2D eigenvalue weighted by atomic mass is 32.2. The Morgan fingerprint density at radius 3 is 2.73 bits per heavy atom. The van der Waals surface area contributed by atoms with E-state index < -0.39 is 27.8 Å². The average Bonchev–Trinajstić information content (AvgIpc) is 3.22. The first-order chi connectivity index (χ1) is 12.5. The van der Waals surface area contributed by atoms with E-state index in [0.29, 0.717) is 19.4 Å². The second kappa shape index (κ2) is 7.94. The number of nitrogens with one attached hydrogen (secondary N) is 2. The van der Waals surface area contributed by atoms with Crippen LogP contribution in [0.1, 0.15) is 23.3 Å². The van der Waals surface area contributed by atoms with Gasteiger partial charge in [0.05, 0.1) is 5.92 Å².